The molecule has 2 aromatic rings. The number of nitrogens with zero attached hydrogens (tertiary/aromatic N) is 1. The Morgan fingerprint density at radius 2 is 2.22 bits per heavy atom. The summed E-state index contributed by atoms with van der Waals surface area (Å²) in [6.07, 6.45) is 3.91. The first-order valence-electron chi connectivity index (χ1n) is 5.50. The van der Waals surface area contributed by atoms with Crippen LogP contribution in [0.3, 0.4) is 0 Å². The number of aromatic nitrogens is 1. The monoisotopic (exact) mass is 307 g/mol. The smallest absolute Gasteiger partial charge is 0.251 e. The maximum absolute atomic E-state index is 11.9. The second-order valence-electron chi connectivity index (χ2n) is 4.10. The lowest BCUT2D eigenvalue weighted by Gasteiger charge is -2.05. The molecule has 0 aliphatic heterocycles. The fraction of sp³-hybridized carbons (Fsp3) is 0.154. The third-order valence-corrected chi connectivity index (χ3v) is 3.33. The van der Waals surface area contributed by atoms with E-state index in [1.54, 1.807) is 18.2 Å². The zero-order valence-electron chi connectivity index (χ0n) is 9.98. The van der Waals surface area contributed by atoms with Gasteiger partial charge in [-0.2, -0.15) is 0 Å². The van der Waals surface area contributed by atoms with E-state index in [1.807, 2.05) is 30.1 Å². The summed E-state index contributed by atoms with van der Waals surface area (Å²) in [6.45, 7) is 0.510. The van der Waals surface area contributed by atoms with Gasteiger partial charge in [0, 0.05) is 41.7 Å². The lowest BCUT2D eigenvalue weighted by molar-refractivity contribution is 0.0951. The van der Waals surface area contributed by atoms with E-state index in [9.17, 15) is 4.79 Å². The summed E-state index contributed by atoms with van der Waals surface area (Å²) in [5.41, 5.74) is 7.92. The molecule has 0 fully saturated rings. The van der Waals surface area contributed by atoms with E-state index in [4.69, 9.17) is 5.73 Å². The van der Waals surface area contributed by atoms with Crippen LogP contribution in [0.1, 0.15) is 15.9 Å². The first-order chi connectivity index (χ1) is 8.56. The Hall–Kier alpha value is -1.75. The number of rotatable bonds is 3. The number of aryl methyl sites for hydroxylation is 1. The average Bonchev–Trinajstić information content (AvgIpc) is 2.75. The van der Waals surface area contributed by atoms with Gasteiger partial charge in [-0.15, -0.1) is 0 Å². The van der Waals surface area contributed by atoms with Crippen molar-refractivity contribution >= 4 is 27.5 Å². The van der Waals surface area contributed by atoms with Crippen molar-refractivity contribution in [2.45, 2.75) is 6.54 Å². The second-order valence-corrected chi connectivity index (χ2v) is 4.96. The van der Waals surface area contributed by atoms with Crippen LogP contribution in [0.25, 0.3) is 0 Å². The van der Waals surface area contributed by atoms with Crippen molar-refractivity contribution in [1.29, 1.82) is 0 Å². The lowest BCUT2D eigenvalue weighted by Crippen LogP contribution is -2.22. The molecule has 0 bridgehead atoms. The molecule has 0 spiro atoms. The molecular formula is C13H14BrN3O. The van der Waals surface area contributed by atoms with Gasteiger partial charge in [0.05, 0.1) is 0 Å². The summed E-state index contributed by atoms with van der Waals surface area (Å²) in [4.78, 5) is 11.9. The Morgan fingerprint density at radius 3 is 2.83 bits per heavy atom. The van der Waals surface area contributed by atoms with Gasteiger partial charge in [-0.05, 0) is 45.8 Å². The molecule has 1 amide bonds. The molecule has 3 N–H and O–H groups in total. The van der Waals surface area contributed by atoms with Gasteiger partial charge in [-0.1, -0.05) is 0 Å². The molecule has 4 nitrogen and oxygen atoms in total. The Labute approximate surface area is 114 Å². The quantitative estimate of drug-likeness (QED) is 0.855. The molecule has 0 saturated carbocycles. The molecule has 5 heteroatoms. The molecule has 0 aliphatic carbocycles. The fourth-order valence-corrected chi connectivity index (χ4v) is 1.88. The largest absolute Gasteiger partial charge is 0.398 e. The van der Waals surface area contributed by atoms with Crippen molar-refractivity contribution < 1.29 is 4.79 Å². The molecule has 18 heavy (non-hydrogen) atoms. The maximum Gasteiger partial charge on any atom is 0.251 e. The third kappa shape index (κ3) is 2.92. The van der Waals surface area contributed by atoms with Crippen molar-refractivity contribution in [2.75, 3.05) is 5.73 Å². The molecule has 0 unspecified atom stereocenters. The van der Waals surface area contributed by atoms with Crippen LogP contribution in [0.4, 0.5) is 5.69 Å². The van der Waals surface area contributed by atoms with Crippen LogP contribution in [-0.4, -0.2) is 10.5 Å². The zero-order valence-corrected chi connectivity index (χ0v) is 11.6. The van der Waals surface area contributed by atoms with Crippen LogP contribution < -0.4 is 11.1 Å². The molecule has 0 atom stereocenters. The minimum atomic E-state index is -0.127. The van der Waals surface area contributed by atoms with E-state index < -0.39 is 0 Å². The summed E-state index contributed by atoms with van der Waals surface area (Å²) < 4.78 is 2.74. The summed E-state index contributed by atoms with van der Waals surface area (Å²) in [7, 11) is 1.95. The predicted molar refractivity (Wildman–Crippen MR) is 75.1 cm³/mol. The molecule has 1 heterocycles. The topological polar surface area (TPSA) is 60.0 Å². The van der Waals surface area contributed by atoms with Crippen LogP contribution in [0.2, 0.25) is 0 Å². The van der Waals surface area contributed by atoms with Gasteiger partial charge in [-0.3, -0.25) is 4.79 Å². The molecule has 1 aromatic carbocycles. The standard InChI is InChI=1S/C13H14BrN3O/c1-17-5-4-9(8-17)7-16-13(18)10-2-3-11(14)12(15)6-10/h2-6,8H,7,15H2,1H3,(H,16,18). The number of carbonyl (C=O) groups excluding carboxylic acids is 1. The molecule has 0 saturated heterocycles. The number of hydrogen-bond donors (Lipinski definition) is 2. The number of nitrogen functional groups attached to an aromatic ring is 1. The van der Waals surface area contributed by atoms with Crippen LogP contribution in [0.5, 0.6) is 0 Å². The highest BCUT2D eigenvalue weighted by atomic mass is 79.9. The second kappa shape index (κ2) is 5.27. The number of nitrogens with two attached hydrogens (primary N) is 1. The van der Waals surface area contributed by atoms with E-state index in [0.29, 0.717) is 17.8 Å². The van der Waals surface area contributed by atoms with E-state index >= 15 is 0 Å². The highest BCUT2D eigenvalue weighted by Crippen LogP contribution is 2.20. The van der Waals surface area contributed by atoms with Gasteiger partial charge >= 0.3 is 0 Å². The number of halogens is 1. The van der Waals surface area contributed by atoms with E-state index in [0.717, 1.165) is 10.0 Å². The number of hydrogen-bond acceptors (Lipinski definition) is 2. The van der Waals surface area contributed by atoms with Crippen molar-refractivity contribution in [3.05, 3.63) is 52.3 Å². The number of benzene rings is 1. The molecule has 94 valence electrons. The van der Waals surface area contributed by atoms with Gasteiger partial charge in [0.1, 0.15) is 0 Å². The molecular weight excluding hydrogens is 294 g/mol. The number of anilines is 1. The minimum Gasteiger partial charge on any atom is -0.398 e. The van der Waals surface area contributed by atoms with E-state index in [-0.39, 0.29) is 5.91 Å². The number of amides is 1. The minimum absolute atomic E-state index is 0.127. The Bertz CT molecular complexity index is 577. The SMILES string of the molecule is Cn1ccc(CNC(=O)c2ccc(Br)c(N)c2)c1. The summed E-state index contributed by atoms with van der Waals surface area (Å²) in [6, 6.07) is 7.13. The Morgan fingerprint density at radius 1 is 1.44 bits per heavy atom. The van der Waals surface area contributed by atoms with Crippen LogP contribution in [0, 0.1) is 0 Å². The van der Waals surface area contributed by atoms with Crippen molar-refractivity contribution in [3.8, 4) is 0 Å². The summed E-state index contributed by atoms with van der Waals surface area (Å²) in [5.74, 6) is -0.127. The normalized spacial score (nSPS) is 10.3. The van der Waals surface area contributed by atoms with Crippen LogP contribution >= 0.6 is 15.9 Å². The van der Waals surface area contributed by atoms with Gasteiger partial charge in [0.2, 0.25) is 0 Å². The zero-order chi connectivity index (χ0) is 13.1. The van der Waals surface area contributed by atoms with Gasteiger partial charge in [-0.25, -0.2) is 0 Å². The predicted octanol–water partition coefficient (Wildman–Crippen LogP) is 2.30. The first-order valence-corrected chi connectivity index (χ1v) is 6.29. The van der Waals surface area contributed by atoms with Crippen molar-refractivity contribution in [2.24, 2.45) is 7.05 Å². The van der Waals surface area contributed by atoms with Crippen molar-refractivity contribution in [1.82, 2.24) is 9.88 Å². The van der Waals surface area contributed by atoms with E-state index in [2.05, 4.69) is 21.2 Å². The highest BCUT2D eigenvalue weighted by molar-refractivity contribution is 9.10. The molecule has 2 rings (SSSR count). The van der Waals surface area contributed by atoms with E-state index in [1.165, 1.54) is 0 Å². The Balaban J connectivity index is 2.01. The third-order valence-electron chi connectivity index (χ3n) is 2.60. The lowest BCUT2D eigenvalue weighted by atomic mass is 10.2. The molecule has 1 aromatic heterocycles. The number of carbonyl (C=O) groups is 1. The van der Waals surface area contributed by atoms with Gasteiger partial charge in [0.25, 0.3) is 5.91 Å². The van der Waals surface area contributed by atoms with Crippen LogP contribution in [0.15, 0.2) is 41.1 Å². The average molecular weight is 308 g/mol. The summed E-state index contributed by atoms with van der Waals surface area (Å²) >= 11 is 3.30. The van der Waals surface area contributed by atoms with Crippen LogP contribution in [-0.2, 0) is 13.6 Å². The fourth-order valence-electron chi connectivity index (χ4n) is 1.63. The maximum atomic E-state index is 11.9. The summed E-state index contributed by atoms with van der Waals surface area (Å²) in [5, 5.41) is 2.85. The first kappa shape index (κ1) is 12.7. The molecule has 0 aliphatic rings. The van der Waals surface area contributed by atoms with Gasteiger partial charge in [0.15, 0.2) is 0 Å². The van der Waals surface area contributed by atoms with Gasteiger partial charge < -0.3 is 15.6 Å². The molecule has 0 radical (unpaired) electrons. The Kier molecular flexibility index (Phi) is 3.72. The number of nitrogens with one attached hydrogen (secondary N) is 1. The van der Waals surface area contributed by atoms with Crippen molar-refractivity contribution in [3.63, 3.8) is 0 Å². The highest BCUT2D eigenvalue weighted by Gasteiger charge is 2.07.